The number of hydrogen-bond acceptors (Lipinski definition) is 5. The van der Waals surface area contributed by atoms with Gasteiger partial charge in [0.25, 0.3) is 0 Å². The second kappa shape index (κ2) is 9.86. The summed E-state index contributed by atoms with van der Waals surface area (Å²) in [5.74, 6) is 1.70. The molecule has 2 aliphatic heterocycles. The molecule has 0 spiro atoms. The van der Waals surface area contributed by atoms with E-state index < -0.39 is 0 Å². The van der Waals surface area contributed by atoms with Gasteiger partial charge in [-0.2, -0.15) is 0 Å². The fourth-order valence-electron chi connectivity index (χ4n) is 5.24. The van der Waals surface area contributed by atoms with Gasteiger partial charge in [0.2, 0.25) is 11.8 Å². The maximum Gasteiger partial charge on any atom is 0.239 e. The molecule has 0 bridgehead atoms. The van der Waals surface area contributed by atoms with E-state index in [4.69, 9.17) is 4.52 Å². The van der Waals surface area contributed by atoms with Gasteiger partial charge < -0.3 is 14.7 Å². The lowest BCUT2D eigenvalue weighted by Gasteiger charge is -2.42. The normalized spacial score (nSPS) is 23.2. The largest absolute Gasteiger partial charge is 0.360 e. The molecule has 0 aliphatic carbocycles. The first-order valence-electron chi connectivity index (χ1n) is 11.7. The van der Waals surface area contributed by atoms with Gasteiger partial charge in [-0.3, -0.25) is 14.5 Å². The molecule has 2 saturated heterocycles. The first-order valence-corrected chi connectivity index (χ1v) is 11.7. The molecule has 1 aromatic carbocycles. The van der Waals surface area contributed by atoms with Crippen LogP contribution in [0.15, 0.2) is 40.9 Å². The van der Waals surface area contributed by atoms with Gasteiger partial charge in [-0.1, -0.05) is 48.8 Å². The summed E-state index contributed by atoms with van der Waals surface area (Å²) in [6, 6.07) is 12.0. The van der Waals surface area contributed by atoms with Crippen LogP contribution in [0.4, 0.5) is 5.82 Å². The van der Waals surface area contributed by atoms with Crippen LogP contribution in [0, 0.1) is 18.3 Å². The van der Waals surface area contributed by atoms with Crippen molar-refractivity contribution in [1.82, 2.24) is 15.0 Å². The zero-order chi connectivity index (χ0) is 22.6. The summed E-state index contributed by atoms with van der Waals surface area (Å²) >= 11 is 0. The Labute approximate surface area is 190 Å². The van der Waals surface area contributed by atoms with Gasteiger partial charge >= 0.3 is 0 Å². The Kier molecular flexibility index (Phi) is 6.94. The van der Waals surface area contributed by atoms with E-state index in [0.29, 0.717) is 36.5 Å². The minimum absolute atomic E-state index is 0.0810. The molecule has 2 amide bonds. The predicted molar refractivity (Wildman–Crippen MR) is 123 cm³/mol. The maximum absolute atomic E-state index is 13.7. The van der Waals surface area contributed by atoms with Crippen LogP contribution < -0.4 is 5.32 Å². The van der Waals surface area contributed by atoms with E-state index in [1.807, 2.05) is 18.2 Å². The van der Waals surface area contributed by atoms with Crippen molar-refractivity contribution in [2.24, 2.45) is 11.3 Å². The van der Waals surface area contributed by atoms with Gasteiger partial charge in [0.15, 0.2) is 5.82 Å². The third kappa shape index (κ3) is 5.21. The van der Waals surface area contributed by atoms with E-state index in [0.717, 1.165) is 51.7 Å². The fourth-order valence-corrected chi connectivity index (χ4v) is 5.24. The number of carbonyl (C=O) groups excluding carboxylic acids is 2. The molecule has 7 nitrogen and oxygen atoms in total. The Morgan fingerprint density at radius 1 is 1.19 bits per heavy atom. The Balaban J connectivity index is 1.33. The topological polar surface area (TPSA) is 78.7 Å². The average Bonchev–Trinajstić information content (AvgIpc) is 3.14. The van der Waals surface area contributed by atoms with Gasteiger partial charge in [-0.05, 0) is 57.2 Å². The highest BCUT2D eigenvalue weighted by atomic mass is 16.5. The van der Waals surface area contributed by atoms with Crippen LogP contribution in [-0.4, -0.2) is 52.9 Å². The summed E-state index contributed by atoms with van der Waals surface area (Å²) < 4.78 is 5.00. The van der Waals surface area contributed by atoms with Gasteiger partial charge in [0.05, 0.1) is 6.54 Å². The van der Waals surface area contributed by atoms with Gasteiger partial charge in [0.1, 0.15) is 5.76 Å². The molecule has 172 valence electrons. The Morgan fingerprint density at radius 2 is 1.94 bits per heavy atom. The van der Waals surface area contributed by atoms with E-state index >= 15 is 0 Å². The average molecular weight is 439 g/mol. The first kappa shape index (κ1) is 22.5. The SMILES string of the molecule is Cc1cc(NC(=O)CN2CCC([C@@]3(C)CCCCN(Cc4ccccc4)C3=O)CC2)no1. The number of nitrogens with one attached hydrogen (secondary N) is 1. The summed E-state index contributed by atoms with van der Waals surface area (Å²) in [6.45, 7) is 7.50. The van der Waals surface area contributed by atoms with Gasteiger partial charge in [0, 0.05) is 24.6 Å². The van der Waals surface area contributed by atoms with Crippen LogP contribution in [-0.2, 0) is 16.1 Å². The monoisotopic (exact) mass is 438 g/mol. The van der Waals surface area contributed by atoms with Crippen molar-refractivity contribution in [2.45, 2.75) is 52.5 Å². The van der Waals surface area contributed by atoms with E-state index in [1.165, 1.54) is 5.56 Å². The summed E-state index contributed by atoms with van der Waals surface area (Å²) in [6.07, 6.45) is 4.99. The molecule has 32 heavy (non-hydrogen) atoms. The highest BCUT2D eigenvalue weighted by Gasteiger charge is 2.45. The minimum atomic E-state index is -0.322. The Morgan fingerprint density at radius 3 is 2.62 bits per heavy atom. The molecule has 2 aliphatic rings. The van der Waals surface area contributed by atoms with Crippen LogP contribution >= 0.6 is 0 Å². The predicted octanol–water partition coefficient (Wildman–Crippen LogP) is 3.85. The summed E-state index contributed by atoms with van der Waals surface area (Å²) in [5, 5.41) is 6.61. The molecule has 1 aromatic heterocycles. The number of carbonyl (C=O) groups is 2. The number of benzene rings is 1. The van der Waals surface area contributed by atoms with Gasteiger partial charge in [-0.15, -0.1) is 0 Å². The van der Waals surface area contributed by atoms with Gasteiger partial charge in [-0.25, -0.2) is 0 Å². The lowest BCUT2D eigenvalue weighted by Crippen LogP contribution is -2.49. The number of likely N-dealkylation sites (tertiary alicyclic amines) is 2. The van der Waals surface area contributed by atoms with Crippen LogP contribution in [0.2, 0.25) is 0 Å². The molecule has 0 unspecified atom stereocenters. The molecule has 3 heterocycles. The molecule has 0 saturated carbocycles. The zero-order valence-electron chi connectivity index (χ0n) is 19.2. The number of nitrogens with zero attached hydrogens (tertiary/aromatic N) is 3. The molecule has 1 N–H and O–H groups in total. The number of piperidine rings is 1. The van der Waals surface area contributed by atoms with Crippen LogP contribution in [0.1, 0.15) is 50.4 Å². The van der Waals surface area contributed by atoms with Crippen molar-refractivity contribution < 1.29 is 14.1 Å². The molecule has 0 radical (unpaired) electrons. The summed E-state index contributed by atoms with van der Waals surface area (Å²) in [5.41, 5.74) is 0.867. The van der Waals surface area contributed by atoms with Crippen LogP contribution in [0.3, 0.4) is 0 Å². The molecular weight excluding hydrogens is 404 g/mol. The quantitative estimate of drug-likeness (QED) is 0.741. The van der Waals surface area contributed by atoms with Crippen molar-refractivity contribution in [3.8, 4) is 0 Å². The zero-order valence-corrected chi connectivity index (χ0v) is 19.2. The van der Waals surface area contributed by atoms with Crippen molar-refractivity contribution >= 4 is 17.6 Å². The Hall–Kier alpha value is -2.67. The number of hydrogen-bond donors (Lipinski definition) is 1. The van der Waals surface area contributed by atoms with E-state index in [1.54, 1.807) is 13.0 Å². The molecule has 4 rings (SSSR count). The van der Waals surface area contributed by atoms with E-state index in [-0.39, 0.29) is 11.3 Å². The first-order chi connectivity index (χ1) is 15.4. The second-order valence-corrected chi connectivity index (χ2v) is 9.51. The number of aryl methyl sites for hydroxylation is 1. The summed E-state index contributed by atoms with van der Waals surface area (Å²) in [7, 11) is 0. The van der Waals surface area contributed by atoms with Crippen molar-refractivity contribution in [1.29, 1.82) is 0 Å². The summed E-state index contributed by atoms with van der Waals surface area (Å²) in [4.78, 5) is 30.3. The smallest absolute Gasteiger partial charge is 0.239 e. The standard InChI is InChI=1S/C25H34N4O3/c1-19-16-22(27-32-19)26-23(30)18-28-14-10-21(11-15-28)25(2)12-6-7-13-29(24(25)31)17-20-8-4-3-5-9-20/h3-5,8-9,16,21H,6-7,10-15,17-18H2,1-2H3,(H,26,27,30)/t25-/m1/s1. The molecule has 7 heteroatoms. The van der Waals surface area contributed by atoms with E-state index in [2.05, 4.69) is 39.3 Å². The number of anilines is 1. The van der Waals surface area contributed by atoms with Crippen molar-refractivity contribution in [2.75, 3.05) is 31.5 Å². The fraction of sp³-hybridized carbons (Fsp3) is 0.560. The number of aromatic nitrogens is 1. The highest BCUT2D eigenvalue weighted by Crippen LogP contribution is 2.43. The maximum atomic E-state index is 13.7. The van der Waals surface area contributed by atoms with Crippen molar-refractivity contribution in [3.05, 3.63) is 47.7 Å². The molecule has 2 fully saturated rings. The molecule has 1 atom stereocenters. The number of amides is 2. The number of rotatable bonds is 6. The third-order valence-corrected chi connectivity index (χ3v) is 7.12. The molecular formula is C25H34N4O3. The highest BCUT2D eigenvalue weighted by molar-refractivity contribution is 5.91. The molecule has 2 aromatic rings. The van der Waals surface area contributed by atoms with Crippen LogP contribution in [0.25, 0.3) is 0 Å². The Bertz CT molecular complexity index is 920. The third-order valence-electron chi connectivity index (χ3n) is 7.12. The second-order valence-electron chi connectivity index (χ2n) is 9.51. The van der Waals surface area contributed by atoms with E-state index in [9.17, 15) is 9.59 Å². The minimum Gasteiger partial charge on any atom is -0.360 e. The lowest BCUT2D eigenvalue weighted by atomic mass is 9.69. The van der Waals surface area contributed by atoms with Crippen molar-refractivity contribution in [3.63, 3.8) is 0 Å². The lowest BCUT2D eigenvalue weighted by molar-refractivity contribution is -0.146. The van der Waals surface area contributed by atoms with Crippen LogP contribution in [0.5, 0.6) is 0 Å².